The maximum Gasteiger partial charge on any atom is 0.264 e. The second kappa shape index (κ2) is 5.99. The highest BCUT2D eigenvalue weighted by molar-refractivity contribution is 5.00. The summed E-state index contributed by atoms with van der Waals surface area (Å²) in [4.78, 5) is 4.24. The third-order valence-corrected chi connectivity index (χ3v) is 5.47. The number of halogens is 2. The molecule has 0 aromatic rings. The largest absolute Gasteiger partial charge is 0.380 e. The van der Waals surface area contributed by atoms with Crippen molar-refractivity contribution in [2.75, 3.05) is 33.3 Å². The molecule has 5 heteroatoms. The molecule has 0 bridgehead atoms. The third kappa shape index (κ3) is 3.80. The number of hydrogen-bond donors (Lipinski definition) is 0. The predicted octanol–water partition coefficient (Wildman–Crippen LogP) is 3.24. The van der Waals surface area contributed by atoms with Gasteiger partial charge in [-0.1, -0.05) is 0 Å². The van der Waals surface area contributed by atoms with Gasteiger partial charge in [0.05, 0.1) is 12.6 Å². The fourth-order valence-electron chi connectivity index (χ4n) is 3.78. The first-order chi connectivity index (χ1) is 9.95. The maximum absolute atomic E-state index is 14.5. The van der Waals surface area contributed by atoms with Crippen LogP contribution in [0.2, 0.25) is 0 Å². The molecule has 2 unspecified atom stereocenters. The summed E-state index contributed by atoms with van der Waals surface area (Å²) in [6.45, 7) is 12.4. The number of methoxy groups -OCH3 is 1. The molecule has 0 aliphatic carbocycles. The summed E-state index contributed by atoms with van der Waals surface area (Å²) in [5.41, 5.74) is -0.410. The van der Waals surface area contributed by atoms with Gasteiger partial charge in [0, 0.05) is 43.7 Å². The average Bonchev–Trinajstić information content (AvgIpc) is 2.94. The molecule has 0 radical (unpaired) electrons. The molecule has 22 heavy (non-hydrogen) atoms. The fraction of sp³-hybridized carbons (Fsp3) is 1.00. The van der Waals surface area contributed by atoms with Crippen LogP contribution in [0, 0.1) is 5.92 Å². The van der Waals surface area contributed by atoms with E-state index in [9.17, 15) is 8.78 Å². The second-order valence-electron chi connectivity index (χ2n) is 8.62. The Bertz CT molecular complexity index is 393. The molecule has 3 nitrogen and oxygen atoms in total. The van der Waals surface area contributed by atoms with Crippen LogP contribution in [0.25, 0.3) is 0 Å². The average molecular weight is 318 g/mol. The lowest BCUT2D eigenvalue weighted by Crippen LogP contribution is -2.46. The summed E-state index contributed by atoms with van der Waals surface area (Å²) in [5.74, 6) is -3.16. The molecule has 2 fully saturated rings. The van der Waals surface area contributed by atoms with E-state index < -0.39 is 11.8 Å². The molecule has 0 spiro atoms. The van der Waals surface area contributed by atoms with Crippen LogP contribution in [0.15, 0.2) is 0 Å². The molecule has 2 saturated heterocycles. The maximum atomic E-state index is 14.5. The number of rotatable bonds is 4. The van der Waals surface area contributed by atoms with Crippen LogP contribution in [0.3, 0.4) is 0 Å². The van der Waals surface area contributed by atoms with Gasteiger partial charge in [-0.05, 0) is 47.5 Å². The van der Waals surface area contributed by atoms with Crippen molar-refractivity contribution >= 4 is 0 Å². The normalized spacial score (nSPS) is 31.1. The van der Waals surface area contributed by atoms with Crippen LogP contribution < -0.4 is 0 Å². The fourth-order valence-corrected chi connectivity index (χ4v) is 3.78. The number of alkyl halides is 2. The van der Waals surface area contributed by atoms with Crippen LogP contribution in [0.5, 0.6) is 0 Å². The van der Waals surface area contributed by atoms with Gasteiger partial charge in [-0.25, -0.2) is 8.78 Å². The minimum atomic E-state index is -2.59. The molecule has 130 valence electrons. The molecule has 0 aromatic carbocycles. The van der Waals surface area contributed by atoms with E-state index in [-0.39, 0.29) is 23.7 Å². The number of hydrogen-bond acceptors (Lipinski definition) is 3. The number of likely N-dealkylation sites (tertiary alicyclic amines) is 2. The zero-order valence-corrected chi connectivity index (χ0v) is 15.0. The Labute approximate surface area is 134 Å². The molecule has 2 rings (SSSR count). The number of nitrogens with zero attached hydrogens (tertiary/aromatic N) is 2. The standard InChI is InChI=1S/C17H32F2N2O/c1-15(2,3)21-10-13(17(18,19)12-21)9-16(4,5)20-8-7-14(11-20)22-6/h13-14H,7-12H2,1-6H3. The highest BCUT2D eigenvalue weighted by Gasteiger charge is 2.52. The van der Waals surface area contributed by atoms with Crippen molar-refractivity contribution in [3.05, 3.63) is 0 Å². The lowest BCUT2D eigenvalue weighted by atomic mass is 9.87. The zero-order valence-electron chi connectivity index (χ0n) is 15.0. The third-order valence-electron chi connectivity index (χ3n) is 5.47. The zero-order chi connectivity index (χ0) is 16.8. The summed E-state index contributed by atoms with van der Waals surface area (Å²) in [5, 5.41) is 0. The van der Waals surface area contributed by atoms with E-state index in [4.69, 9.17) is 4.74 Å². The molecule has 0 saturated carbocycles. The van der Waals surface area contributed by atoms with Crippen molar-refractivity contribution in [1.82, 2.24) is 9.80 Å². The molecule has 0 amide bonds. The summed E-state index contributed by atoms with van der Waals surface area (Å²) in [6, 6.07) is 0. The highest BCUT2D eigenvalue weighted by Crippen LogP contribution is 2.42. The monoisotopic (exact) mass is 318 g/mol. The van der Waals surface area contributed by atoms with E-state index in [1.54, 1.807) is 7.11 Å². The smallest absolute Gasteiger partial charge is 0.264 e. The summed E-state index contributed by atoms with van der Waals surface area (Å²) < 4.78 is 34.3. The molecule has 2 aliphatic rings. The molecular formula is C17H32F2N2O. The molecule has 0 aromatic heterocycles. The predicted molar refractivity (Wildman–Crippen MR) is 85.4 cm³/mol. The molecular weight excluding hydrogens is 286 g/mol. The number of ether oxygens (including phenoxy) is 1. The van der Waals surface area contributed by atoms with E-state index in [1.807, 2.05) is 25.7 Å². The SMILES string of the molecule is COC1CCN(C(C)(C)CC2CN(C(C)(C)C)CC2(F)F)C1. The summed E-state index contributed by atoms with van der Waals surface area (Å²) in [6.07, 6.45) is 1.77. The Balaban J connectivity index is 2.02. The Morgan fingerprint density at radius 2 is 1.73 bits per heavy atom. The van der Waals surface area contributed by atoms with Gasteiger partial charge >= 0.3 is 0 Å². The lowest BCUT2D eigenvalue weighted by molar-refractivity contribution is -0.0483. The minimum absolute atomic E-state index is 0.113. The summed E-state index contributed by atoms with van der Waals surface area (Å²) >= 11 is 0. The van der Waals surface area contributed by atoms with Gasteiger partial charge < -0.3 is 4.74 Å². The van der Waals surface area contributed by atoms with Crippen molar-refractivity contribution in [2.45, 2.75) is 70.6 Å². The van der Waals surface area contributed by atoms with Crippen molar-refractivity contribution in [3.8, 4) is 0 Å². The second-order valence-corrected chi connectivity index (χ2v) is 8.62. The van der Waals surface area contributed by atoms with Crippen LogP contribution in [-0.2, 0) is 4.74 Å². The molecule has 2 aliphatic heterocycles. The van der Waals surface area contributed by atoms with E-state index in [2.05, 4.69) is 18.7 Å². The lowest BCUT2D eigenvalue weighted by Gasteiger charge is -2.38. The minimum Gasteiger partial charge on any atom is -0.380 e. The molecule has 0 N–H and O–H groups in total. The van der Waals surface area contributed by atoms with E-state index in [0.29, 0.717) is 13.0 Å². The molecule has 2 heterocycles. The van der Waals surface area contributed by atoms with E-state index in [1.165, 1.54) is 0 Å². The van der Waals surface area contributed by atoms with Crippen LogP contribution in [-0.4, -0.2) is 66.2 Å². The first-order valence-corrected chi connectivity index (χ1v) is 8.36. The quantitative estimate of drug-likeness (QED) is 0.791. The van der Waals surface area contributed by atoms with Crippen molar-refractivity contribution < 1.29 is 13.5 Å². The van der Waals surface area contributed by atoms with Gasteiger partial charge in [-0.15, -0.1) is 0 Å². The van der Waals surface area contributed by atoms with Crippen LogP contribution in [0.4, 0.5) is 8.78 Å². The first-order valence-electron chi connectivity index (χ1n) is 8.36. The van der Waals surface area contributed by atoms with Gasteiger partial charge in [-0.3, -0.25) is 9.80 Å². The Hall–Kier alpha value is -0.260. The van der Waals surface area contributed by atoms with Crippen LogP contribution >= 0.6 is 0 Å². The van der Waals surface area contributed by atoms with Crippen molar-refractivity contribution in [2.24, 2.45) is 5.92 Å². The van der Waals surface area contributed by atoms with Gasteiger partial charge in [0.2, 0.25) is 0 Å². The van der Waals surface area contributed by atoms with Crippen molar-refractivity contribution in [3.63, 3.8) is 0 Å². The van der Waals surface area contributed by atoms with Gasteiger partial charge in [0.15, 0.2) is 0 Å². The first kappa shape index (κ1) is 18.1. The van der Waals surface area contributed by atoms with E-state index >= 15 is 0 Å². The Kier molecular flexibility index (Phi) is 4.92. The highest BCUT2D eigenvalue weighted by atomic mass is 19.3. The van der Waals surface area contributed by atoms with Gasteiger partial charge in [0.25, 0.3) is 5.92 Å². The van der Waals surface area contributed by atoms with Gasteiger partial charge in [0.1, 0.15) is 0 Å². The Morgan fingerprint density at radius 1 is 1.09 bits per heavy atom. The van der Waals surface area contributed by atoms with E-state index in [0.717, 1.165) is 19.5 Å². The van der Waals surface area contributed by atoms with Crippen LogP contribution in [0.1, 0.15) is 47.5 Å². The van der Waals surface area contributed by atoms with Gasteiger partial charge in [-0.2, -0.15) is 0 Å². The molecule has 2 atom stereocenters. The Morgan fingerprint density at radius 3 is 2.18 bits per heavy atom. The topological polar surface area (TPSA) is 15.7 Å². The summed E-state index contributed by atoms with van der Waals surface area (Å²) in [7, 11) is 1.73. The van der Waals surface area contributed by atoms with Crippen molar-refractivity contribution in [1.29, 1.82) is 0 Å².